The Hall–Kier alpha value is -0.730. The van der Waals surface area contributed by atoms with E-state index in [1.807, 2.05) is 13.8 Å². The summed E-state index contributed by atoms with van der Waals surface area (Å²) in [6.45, 7) is 3.88. The van der Waals surface area contributed by atoms with Crippen molar-refractivity contribution < 1.29 is 9.08 Å². The van der Waals surface area contributed by atoms with E-state index in [0.29, 0.717) is 5.02 Å². The molecule has 1 atom stereocenters. The van der Waals surface area contributed by atoms with Crippen molar-refractivity contribution in [2.75, 3.05) is 0 Å². The first kappa shape index (κ1) is 12.3. The van der Waals surface area contributed by atoms with E-state index in [9.17, 15) is 4.79 Å². The van der Waals surface area contributed by atoms with Crippen LogP contribution in [0, 0.1) is 5.92 Å². The molecule has 0 saturated heterocycles. The van der Waals surface area contributed by atoms with Gasteiger partial charge in [-0.2, -0.15) is 0 Å². The number of halogens is 2. The number of rotatable bonds is 3. The highest BCUT2D eigenvalue weighted by atomic mass is 35.5. The molecule has 1 aromatic carbocycles. The van der Waals surface area contributed by atoms with Crippen molar-refractivity contribution in [3.8, 4) is 0 Å². The molecule has 0 fully saturated rings. The van der Waals surface area contributed by atoms with Crippen molar-refractivity contribution in [3.63, 3.8) is 0 Å². The van der Waals surface area contributed by atoms with Gasteiger partial charge < -0.3 is 4.29 Å². The van der Waals surface area contributed by atoms with E-state index in [0.717, 1.165) is 5.56 Å². The van der Waals surface area contributed by atoms with E-state index >= 15 is 0 Å². The monoisotopic (exact) mass is 246 g/mol. The lowest BCUT2D eigenvalue weighted by Gasteiger charge is -2.17. The van der Waals surface area contributed by atoms with Gasteiger partial charge in [-0.25, -0.2) is 4.79 Å². The highest BCUT2D eigenvalue weighted by Gasteiger charge is 2.25. The van der Waals surface area contributed by atoms with Crippen molar-refractivity contribution in [2.45, 2.75) is 19.8 Å². The van der Waals surface area contributed by atoms with Crippen molar-refractivity contribution in [3.05, 3.63) is 34.9 Å². The Kier molecular flexibility index (Phi) is 4.43. The Balaban J connectivity index is 2.99. The third-order valence-electron chi connectivity index (χ3n) is 2.23. The first-order valence-corrected chi connectivity index (χ1v) is 5.32. The van der Waals surface area contributed by atoms with E-state index < -0.39 is 5.97 Å². The number of hydrogen-bond acceptors (Lipinski definition) is 2. The molecule has 2 nitrogen and oxygen atoms in total. The summed E-state index contributed by atoms with van der Waals surface area (Å²) in [7, 11) is 0. The lowest BCUT2D eigenvalue weighted by atomic mass is 9.89. The number of benzene rings is 1. The maximum Gasteiger partial charge on any atom is 0.332 e. The van der Waals surface area contributed by atoms with Gasteiger partial charge in [0, 0.05) is 5.02 Å². The molecule has 82 valence electrons. The topological polar surface area (TPSA) is 26.3 Å². The zero-order chi connectivity index (χ0) is 11.4. The van der Waals surface area contributed by atoms with Crippen LogP contribution in [0.5, 0.6) is 0 Å². The molecule has 0 aromatic heterocycles. The Morgan fingerprint density at radius 1 is 1.27 bits per heavy atom. The Labute approximate surface area is 99.3 Å². The third kappa shape index (κ3) is 3.11. The first-order chi connectivity index (χ1) is 7.06. The van der Waals surface area contributed by atoms with Crippen molar-refractivity contribution in [2.24, 2.45) is 5.92 Å². The van der Waals surface area contributed by atoms with Gasteiger partial charge in [0.15, 0.2) is 0 Å². The summed E-state index contributed by atoms with van der Waals surface area (Å²) in [5.41, 5.74) is 0.861. The van der Waals surface area contributed by atoms with Crippen LogP contribution < -0.4 is 0 Å². The van der Waals surface area contributed by atoms with Crippen molar-refractivity contribution >= 4 is 29.4 Å². The molecular weight excluding hydrogens is 235 g/mol. The average Bonchev–Trinajstić information content (AvgIpc) is 2.20. The van der Waals surface area contributed by atoms with E-state index in [2.05, 4.69) is 4.29 Å². The van der Waals surface area contributed by atoms with Gasteiger partial charge in [0.25, 0.3) is 0 Å². The van der Waals surface area contributed by atoms with Gasteiger partial charge in [0.1, 0.15) is 11.9 Å². The van der Waals surface area contributed by atoms with Crippen LogP contribution in [0.2, 0.25) is 5.02 Å². The molecule has 1 rings (SSSR count). The van der Waals surface area contributed by atoms with Crippen LogP contribution in [0.25, 0.3) is 0 Å². The molecule has 0 aliphatic carbocycles. The van der Waals surface area contributed by atoms with Gasteiger partial charge in [-0.1, -0.05) is 37.6 Å². The molecule has 0 aliphatic rings. The number of carbonyl (C=O) groups excluding carboxylic acids is 1. The standard InChI is InChI=1S/C11H12Cl2O2/c1-7(2)10(11(14)15-13)8-3-5-9(12)6-4-8/h3-7,10H,1-2H3. The molecule has 0 saturated carbocycles. The van der Waals surface area contributed by atoms with Gasteiger partial charge in [-0.15, -0.1) is 0 Å². The Bertz CT molecular complexity index is 333. The lowest BCUT2D eigenvalue weighted by Crippen LogP contribution is -2.18. The fourth-order valence-corrected chi connectivity index (χ4v) is 1.73. The molecule has 0 amide bonds. The molecule has 0 aliphatic heterocycles. The minimum Gasteiger partial charge on any atom is -0.347 e. The summed E-state index contributed by atoms with van der Waals surface area (Å²) >= 11 is 10.9. The zero-order valence-electron chi connectivity index (χ0n) is 8.54. The quantitative estimate of drug-likeness (QED) is 0.812. The molecule has 0 heterocycles. The fourth-order valence-electron chi connectivity index (χ4n) is 1.51. The van der Waals surface area contributed by atoms with Crippen LogP contribution >= 0.6 is 23.5 Å². The fraction of sp³-hybridized carbons (Fsp3) is 0.364. The van der Waals surface area contributed by atoms with Crippen LogP contribution in [0.1, 0.15) is 25.3 Å². The molecule has 15 heavy (non-hydrogen) atoms. The summed E-state index contributed by atoms with van der Waals surface area (Å²) < 4.78 is 4.26. The highest BCUT2D eigenvalue weighted by Crippen LogP contribution is 2.27. The normalized spacial score (nSPS) is 12.6. The molecular formula is C11H12Cl2O2. The maximum atomic E-state index is 11.5. The summed E-state index contributed by atoms with van der Waals surface area (Å²) in [5.74, 6) is -0.661. The zero-order valence-corrected chi connectivity index (χ0v) is 10.0. The van der Waals surface area contributed by atoms with Crippen LogP contribution in [0.15, 0.2) is 24.3 Å². The molecule has 1 aromatic rings. The van der Waals surface area contributed by atoms with E-state index in [1.165, 1.54) is 0 Å². The second kappa shape index (κ2) is 5.38. The van der Waals surface area contributed by atoms with Crippen LogP contribution in [-0.2, 0) is 9.08 Å². The van der Waals surface area contributed by atoms with Crippen LogP contribution in [-0.4, -0.2) is 5.97 Å². The summed E-state index contributed by atoms with van der Waals surface area (Å²) in [4.78, 5) is 11.5. The van der Waals surface area contributed by atoms with Gasteiger partial charge >= 0.3 is 5.97 Å². The Morgan fingerprint density at radius 2 is 1.80 bits per heavy atom. The largest absolute Gasteiger partial charge is 0.347 e. The second-order valence-electron chi connectivity index (χ2n) is 3.67. The summed E-state index contributed by atoms with van der Waals surface area (Å²) in [6, 6.07) is 7.10. The summed E-state index contributed by atoms with van der Waals surface area (Å²) in [6.07, 6.45) is 0. The number of hydrogen-bond donors (Lipinski definition) is 0. The van der Waals surface area contributed by atoms with Crippen molar-refractivity contribution in [1.82, 2.24) is 0 Å². The van der Waals surface area contributed by atoms with Gasteiger partial charge in [-0.05, 0) is 23.6 Å². The molecule has 0 radical (unpaired) electrons. The van der Waals surface area contributed by atoms with E-state index in [4.69, 9.17) is 23.5 Å². The third-order valence-corrected chi connectivity index (χ3v) is 2.63. The molecule has 1 unspecified atom stereocenters. The average molecular weight is 247 g/mol. The van der Waals surface area contributed by atoms with E-state index in [1.54, 1.807) is 24.3 Å². The summed E-state index contributed by atoms with van der Waals surface area (Å²) in [5, 5.41) is 0.639. The first-order valence-electron chi connectivity index (χ1n) is 4.64. The Morgan fingerprint density at radius 3 is 2.20 bits per heavy atom. The number of carbonyl (C=O) groups is 1. The van der Waals surface area contributed by atoms with Crippen molar-refractivity contribution in [1.29, 1.82) is 0 Å². The van der Waals surface area contributed by atoms with Crippen LogP contribution in [0.3, 0.4) is 0 Å². The van der Waals surface area contributed by atoms with Gasteiger partial charge in [0.05, 0.1) is 5.92 Å². The van der Waals surface area contributed by atoms with Crippen LogP contribution in [0.4, 0.5) is 0 Å². The molecule has 0 spiro atoms. The highest BCUT2D eigenvalue weighted by molar-refractivity contribution is 6.30. The van der Waals surface area contributed by atoms with Gasteiger partial charge in [-0.3, -0.25) is 0 Å². The maximum absolute atomic E-state index is 11.5. The van der Waals surface area contributed by atoms with Gasteiger partial charge in [0.2, 0.25) is 0 Å². The minimum atomic E-state index is -0.436. The predicted molar refractivity (Wildman–Crippen MR) is 61.0 cm³/mol. The minimum absolute atomic E-state index is 0.123. The lowest BCUT2D eigenvalue weighted by molar-refractivity contribution is -0.136. The predicted octanol–water partition coefficient (Wildman–Crippen LogP) is 3.78. The second-order valence-corrected chi connectivity index (χ2v) is 4.26. The molecule has 0 bridgehead atoms. The molecule has 0 N–H and O–H groups in total. The smallest absolute Gasteiger partial charge is 0.332 e. The SMILES string of the molecule is CC(C)C(C(=O)OCl)c1ccc(Cl)cc1. The molecule has 4 heteroatoms. The van der Waals surface area contributed by atoms with E-state index in [-0.39, 0.29) is 11.8 Å².